The molecule has 0 bridgehead atoms. The number of anilines is 1. The molecular weight excluding hydrogens is 198 g/mol. The monoisotopic (exact) mass is 215 g/mol. The third-order valence-corrected chi connectivity index (χ3v) is 2.86. The van der Waals surface area contributed by atoms with Crippen molar-refractivity contribution in [3.05, 3.63) is 42.5 Å². The van der Waals surface area contributed by atoms with Crippen LogP contribution < -0.4 is 5.32 Å². The number of nitrogens with one attached hydrogen (secondary N) is 1. The largest absolute Gasteiger partial charge is 0.326 e. The second kappa shape index (κ2) is 5.50. The van der Waals surface area contributed by atoms with Crippen LogP contribution >= 0.6 is 0 Å². The van der Waals surface area contributed by atoms with E-state index in [2.05, 4.69) is 17.5 Å². The fraction of sp³-hybridized carbons (Fsp3) is 0.357. The van der Waals surface area contributed by atoms with Crippen molar-refractivity contribution in [1.29, 1.82) is 0 Å². The van der Waals surface area contributed by atoms with Crippen molar-refractivity contribution in [3.63, 3.8) is 0 Å². The molecular formula is C14H17NO. The molecule has 0 radical (unpaired) electrons. The van der Waals surface area contributed by atoms with Gasteiger partial charge in [0, 0.05) is 12.1 Å². The lowest BCUT2D eigenvalue weighted by molar-refractivity contribution is -0.116. The molecule has 1 aromatic carbocycles. The second-order valence-corrected chi connectivity index (χ2v) is 4.24. The third kappa shape index (κ3) is 3.23. The average Bonchev–Trinajstić information content (AvgIpc) is 2.31. The summed E-state index contributed by atoms with van der Waals surface area (Å²) in [5, 5.41) is 2.92. The molecule has 1 aromatic rings. The number of hydrogen-bond donors (Lipinski definition) is 1. The van der Waals surface area contributed by atoms with Gasteiger partial charge in [-0.2, -0.15) is 0 Å². The molecule has 0 aromatic heterocycles. The van der Waals surface area contributed by atoms with E-state index >= 15 is 0 Å². The summed E-state index contributed by atoms with van der Waals surface area (Å²) in [7, 11) is 0. The molecule has 0 aliphatic heterocycles. The highest BCUT2D eigenvalue weighted by molar-refractivity contribution is 5.90. The lowest BCUT2D eigenvalue weighted by Gasteiger charge is -2.15. The molecule has 0 saturated carbocycles. The number of benzene rings is 1. The standard InChI is InChI=1S/C14H17NO/c16-14(11-12-7-3-1-4-8-12)15-13-9-5-2-6-10-13/h2-3,5-7,9-10,12H,1,4,8,11H2,(H,15,16). The highest BCUT2D eigenvalue weighted by Crippen LogP contribution is 2.20. The first-order chi connectivity index (χ1) is 7.84. The van der Waals surface area contributed by atoms with Crippen LogP contribution in [0.4, 0.5) is 5.69 Å². The van der Waals surface area contributed by atoms with Crippen LogP contribution in [0.1, 0.15) is 25.7 Å². The first kappa shape index (κ1) is 10.9. The molecule has 0 spiro atoms. The van der Waals surface area contributed by atoms with E-state index < -0.39 is 0 Å². The number of carbonyl (C=O) groups is 1. The highest BCUT2D eigenvalue weighted by atomic mass is 16.1. The van der Waals surface area contributed by atoms with Crippen LogP contribution in [-0.2, 0) is 4.79 Å². The summed E-state index contributed by atoms with van der Waals surface area (Å²) in [5.41, 5.74) is 0.882. The van der Waals surface area contributed by atoms with E-state index in [0.717, 1.165) is 18.5 Å². The van der Waals surface area contributed by atoms with E-state index in [4.69, 9.17) is 0 Å². The van der Waals surface area contributed by atoms with E-state index in [9.17, 15) is 4.79 Å². The van der Waals surface area contributed by atoms with Gasteiger partial charge in [0.15, 0.2) is 0 Å². The molecule has 1 unspecified atom stereocenters. The number of allylic oxidation sites excluding steroid dienone is 2. The van der Waals surface area contributed by atoms with E-state index in [1.165, 1.54) is 6.42 Å². The first-order valence-corrected chi connectivity index (χ1v) is 5.86. The van der Waals surface area contributed by atoms with E-state index in [1.54, 1.807) is 0 Å². The third-order valence-electron chi connectivity index (χ3n) is 2.86. The van der Waals surface area contributed by atoms with Crippen LogP contribution in [-0.4, -0.2) is 5.91 Å². The van der Waals surface area contributed by atoms with Gasteiger partial charge in [0.2, 0.25) is 5.91 Å². The van der Waals surface area contributed by atoms with Crippen molar-refractivity contribution >= 4 is 11.6 Å². The molecule has 0 fully saturated rings. The molecule has 1 aliphatic rings. The average molecular weight is 215 g/mol. The van der Waals surface area contributed by atoms with Crippen molar-refractivity contribution in [3.8, 4) is 0 Å². The topological polar surface area (TPSA) is 29.1 Å². The van der Waals surface area contributed by atoms with Crippen molar-refractivity contribution < 1.29 is 4.79 Å². The van der Waals surface area contributed by atoms with Gasteiger partial charge in [0.1, 0.15) is 0 Å². The summed E-state index contributed by atoms with van der Waals surface area (Å²) >= 11 is 0. The normalized spacial score (nSPS) is 19.4. The molecule has 2 nitrogen and oxygen atoms in total. The summed E-state index contributed by atoms with van der Waals surface area (Å²) in [6.07, 6.45) is 8.47. The Kier molecular flexibility index (Phi) is 3.76. The molecule has 84 valence electrons. The van der Waals surface area contributed by atoms with Gasteiger partial charge in [-0.3, -0.25) is 4.79 Å². The molecule has 16 heavy (non-hydrogen) atoms. The van der Waals surface area contributed by atoms with Gasteiger partial charge in [0.05, 0.1) is 0 Å². The van der Waals surface area contributed by atoms with Gasteiger partial charge in [-0.05, 0) is 37.3 Å². The van der Waals surface area contributed by atoms with Gasteiger partial charge < -0.3 is 5.32 Å². The molecule has 1 atom stereocenters. The van der Waals surface area contributed by atoms with Crippen LogP contribution in [0.25, 0.3) is 0 Å². The SMILES string of the molecule is O=C(CC1C=CCCC1)Nc1ccccc1. The number of hydrogen-bond acceptors (Lipinski definition) is 1. The zero-order valence-electron chi connectivity index (χ0n) is 9.36. The number of carbonyl (C=O) groups excluding carboxylic acids is 1. The van der Waals surface area contributed by atoms with Crippen LogP contribution in [0.2, 0.25) is 0 Å². The van der Waals surface area contributed by atoms with E-state index in [-0.39, 0.29) is 5.91 Å². The molecule has 2 rings (SSSR count). The lowest BCUT2D eigenvalue weighted by Crippen LogP contribution is -2.16. The Hall–Kier alpha value is -1.57. The number of para-hydroxylation sites is 1. The Bertz CT molecular complexity index is 370. The number of amides is 1. The quantitative estimate of drug-likeness (QED) is 0.769. The van der Waals surface area contributed by atoms with Crippen LogP contribution in [0.5, 0.6) is 0 Å². The maximum absolute atomic E-state index is 11.7. The predicted molar refractivity (Wildman–Crippen MR) is 66.2 cm³/mol. The first-order valence-electron chi connectivity index (χ1n) is 5.86. The van der Waals surface area contributed by atoms with Gasteiger partial charge in [-0.15, -0.1) is 0 Å². The summed E-state index contributed by atoms with van der Waals surface area (Å²) in [6, 6.07) is 9.62. The van der Waals surface area contributed by atoms with E-state index in [0.29, 0.717) is 12.3 Å². The van der Waals surface area contributed by atoms with E-state index in [1.807, 2.05) is 30.3 Å². The molecule has 1 N–H and O–H groups in total. The zero-order valence-corrected chi connectivity index (χ0v) is 9.36. The van der Waals surface area contributed by atoms with Crippen molar-refractivity contribution in [2.24, 2.45) is 5.92 Å². The molecule has 1 amide bonds. The van der Waals surface area contributed by atoms with Gasteiger partial charge in [-0.1, -0.05) is 30.4 Å². The Morgan fingerprint density at radius 1 is 1.31 bits per heavy atom. The molecule has 0 heterocycles. The summed E-state index contributed by atoms with van der Waals surface area (Å²) in [5.74, 6) is 0.542. The summed E-state index contributed by atoms with van der Waals surface area (Å²) in [4.78, 5) is 11.7. The fourth-order valence-corrected chi connectivity index (χ4v) is 2.02. The fourth-order valence-electron chi connectivity index (χ4n) is 2.02. The smallest absolute Gasteiger partial charge is 0.224 e. The van der Waals surface area contributed by atoms with Crippen molar-refractivity contribution in [2.75, 3.05) is 5.32 Å². The Morgan fingerprint density at radius 2 is 2.12 bits per heavy atom. The minimum atomic E-state index is 0.114. The van der Waals surface area contributed by atoms with Gasteiger partial charge >= 0.3 is 0 Å². The Morgan fingerprint density at radius 3 is 2.81 bits per heavy atom. The minimum absolute atomic E-state index is 0.114. The maximum atomic E-state index is 11.7. The van der Waals surface area contributed by atoms with Gasteiger partial charge in [-0.25, -0.2) is 0 Å². The molecule has 0 saturated heterocycles. The van der Waals surface area contributed by atoms with Gasteiger partial charge in [0.25, 0.3) is 0 Å². The lowest BCUT2D eigenvalue weighted by atomic mass is 9.93. The zero-order chi connectivity index (χ0) is 11.2. The molecule has 2 heteroatoms. The van der Waals surface area contributed by atoms with Crippen LogP contribution in [0.15, 0.2) is 42.5 Å². The summed E-state index contributed by atoms with van der Waals surface area (Å²) < 4.78 is 0. The minimum Gasteiger partial charge on any atom is -0.326 e. The second-order valence-electron chi connectivity index (χ2n) is 4.24. The Labute approximate surface area is 96.4 Å². The molecule has 1 aliphatic carbocycles. The van der Waals surface area contributed by atoms with Crippen LogP contribution in [0.3, 0.4) is 0 Å². The highest BCUT2D eigenvalue weighted by Gasteiger charge is 2.12. The summed E-state index contributed by atoms with van der Waals surface area (Å²) in [6.45, 7) is 0. The van der Waals surface area contributed by atoms with Crippen molar-refractivity contribution in [2.45, 2.75) is 25.7 Å². The predicted octanol–water partition coefficient (Wildman–Crippen LogP) is 3.37. The van der Waals surface area contributed by atoms with Crippen molar-refractivity contribution in [1.82, 2.24) is 0 Å². The van der Waals surface area contributed by atoms with Crippen LogP contribution in [0, 0.1) is 5.92 Å². The Balaban J connectivity index is 1.84. The maximum Gasteiger partial charge on any atom is 0.224 e. The number of rotatable bonds is 3.